The second kappa shape index (κ2) is 6.52. The first-order valence-electron chi connectivity index (χ1n) is 8.29. The summed E-state index contributed by atoms with van der Waals surface area (Å²) >= 11 is 0. The molecule has 0 aliphatic carbocycles. The van der Waals surface area contributed by atoms with Gasteiger partial charge in [-0.05, 0) is 5.56 Å². The van der Waals surface area contributed by atoms with Crippen LogP contribution in [0, 0.1) is 0 Å². The van der Waals surface area contributed by atoms with Crippen LogP contribution in [0.5, 0.6) is 0 Å². The third-order valence-electron chi connectivity index (χ3n) is 4.59. The number of hydrogen-bond donors (Lipinski definition) is 3. The van der Waals surface area contributed by atoms with E-state index in [-0.39, 0.29) is 30.1 Å². The average molecular weight is 357 g/mol. The number of ether oxygens (including phenoxy) is 1. The van der Waals surface area contributed by atoms with E-state index in [9.17, 15) is 15.0 Å². The minimum atomic E-state index is -0.793. The summed E-state index contributed by atoms with van der Waals surface area (Å²) in [4.78, 5) is 21.3. The lowest BCUT2D eigenvalue weighted by Crippen LogP contribution is -2.26. The van der Waals surface area contributed by atoms with Crippen molar-refractivity contribution in [1.82, 2.24) is 19.1 Å². The zero-order chi connectivity index (χ0) is 18.3. The number of aliphatic hydroxyl groups is 2. The standard InChI is InChI=1S/C17H19N5O4/c18-17-20-15-14(16(25)21(17)7-10-4-2-1-3-5-10)19-9-22(15)13-6-11(24)12(8-23)26-13/h1-5,9,11-13,23-24H,6-8H2,(H2,18,20)/t11-,12-,13-/m1/s1. The highest BCUT2D eigenvalue weighted by Gasteiger charge is 2.35. The van der Waals surface area contributed by atoms with Gasteiger partial charge in [0.15, 0.2) is 11.2 Å². The predicted molar refractivity (Wildman–Crippen MR) is 93.4 cm³/mol. The van der Waals surface area contributed by atoms with Crippen LogP contribution < -0.4 is 11.3 Å². The number of aliphatic hydroxyl groups excluding tert-OH is 2. The Kier molecular flexibility index (Phi) is 4.19. The van der Waals surface area contributed by atoms with Crippen molar-refractivity contribution in [3.63, 3.8) is 0 Å². The van der Waals surface area contributed by atoms with Gasteiger partial charge in [-0.3, -0.25) is 13.9 Å². The van der Waals surface area contributed by atoms with Gasteiger partial charge in [-0.2, -0.15) is 4.98 Å². The molecule has 1 aliphatic heterocycles. The lowest BCUT2D eigenvalue weighted by molar-refractivity contribution is -0.0432. The van der Waals surface area contributed by atoms with Gasteiger partial charge in [-0.25, -0.2) is 4.98 Å². The van der Waals surface area contributed by atoms with E-state index in [4.69, 9.17) is 10.5 Å². The zero-order valence-electron chi connectivity index (χ0n) is 13.9. The maximum Gasteiger partial charge on any atom is 0.283 e. The summed E-state index contributed by atoms with van der Waals surface area (Å²) in [5.41, 5.74) is 7.09. The van der Waals surface area contributed by atoms with Gasteiger partial charge in [0.25, 0.3) is 5.56 Å². The number of benzene rings is 1. The first kappa shape index (κ1) is 16.7. The largest absolute Gasteiger partial charge is 0.394 e. The molecule has 3 atom stereocenters. The maximum absolute atomic E-state index is 12.8. The number of rotatable bonds is 4. The van der Waals surface area contributed by atoms with E-state index in [1.165, 1.54) is 10.9 Å². The fraction of sp³-hybridized carbons (Fsp3) is 0.353. The van der Waals surface area contributed by atoms with Gasteiger partial charge in [0.05, 0.1) is 25.6 Å². The van der Waals surface area contributed by atoms with Crippen molar-refractivity contribution in [3.05, 3.63) is 52.6 Å². The lowest BCUT2D eigenvalue weighted by atomic mass is 10.2. The number of imidazole rings is 1. The molecule has 2 aromatic heterocycles. The number of fused-ring (bicyclic) bond motifs is 1. The van der Waals surface area contributed by atoms with Crippen molar-refractivity contribution < 1.29 is 14.9 Å². The third kappa shape index (κ3) is 2.75. The van der Waals surface area contributed by atoms with Crippen LogP contribution in [0.3, 0.4) is 0 Å². The summed E-state index contributed by atoms with van der Waals surface area (Å²) < 4.78 is 8.55. The molecule has 3 heterocycles. The normalized spacial score (nSPS) is 22.9. The molecule has 4 rings (SSSR count). The second-order valence-corrected chi connectivity index (χ2v) is 6.29. The Balaban J connectivity index is 1.73. The van der Waals surface area contributed by atoms with Crippen LogP contribution in [-0.4, -0.2) is 48.1 Å². The number of nitrogens with zero attached hydrogens (tertiary/aromatic N) is 4. The minimum absolute atomic E-state index is 0.0744. The Hall–Kier alpha value is -2.75. The Morgan fingerprint density at radius 1 is 1.31 bits per heavy atom. The van der Waals surface area contributed by atoms with Crippen LogP contribution in [0.15, 0.2) is 41.5 Å². The highest BCUT2D eigenvalue weighted by Crippen LogP contribution is 2.30. The Morgan fingerprint density at radius 3 is 2.77 bits per heavy atom. The monoisotopic (exact) mass is 357 g/mol. The van der Waals surface area contributed by atoms with E-state index in [1.807, 2.05) is 30.3 Å². The van der Waals surface area contributed by atoms with Crippen LogP contribution in [0.25, 0.3) is 11.2 Å². The molecule has 0 bridgehead atoms. The Labute approximate surface area is 148 Å². The third-order valence-corrected chi connectivity index (χ3v) is 4.59. The Bertz CT molecular complexity index is 984. The molecule has 0 radical (unpaired) electrons. The van der Waals surface area contributed by atoms with E-state index in [0.29, 0.717) is 12.2 Å². The van der Waals surface area contributed by atoms with E-state index < -0.39 is 18.4 Å². The molecule has 1 aliphatic rings. The molecule has 3 aromatic rings. The first-order chi connectivity index (χ1) is 12.6. The molecular formula is C17H19N5O4. The second-order valence-electron chi connectivity index (χ2n) is 6.29. The smallest absolute Gasteiger partial charge is 0.283 e. The molecule has 1 saturated heterocycles. The molecule has 0 spiro atoms. The summed E-state index contributed by atoms with van der Waals surface area (Å²) in [5, 5.41) is 19.1. The summed E-state index contributed by atoms with van der Waals surface area (Å²) in [7, 11) is 0. The molecule has 0 saturated carbocycles. The maximum atomic E-state index is 12.8. The highest BCUT2D eigenvalue weighted by molar-refractivity contribution is 5.71. The molecule has 1 fully saturated rings. The summed E-state index contributed by atoms with van der Waals surface area (Å²) in [6.45, 7) is 0.0102. The van der Waals surface area contributed by atoms with Crippen molar-refractivity contribution in [2.75, 3.05) is 12.3 Å². The van der Waals surface area contributed by atoms with Crippen molar-refractivity contribution in [2.24, 2.45) is 0 Å². The molecule has 4 N–H and O–H groups in total. The van der Waals surface area contributed by atoms with Gasteiger partial charge in [-0.15, -0.1) is 0 Å². The molecule has 1 aromatic carbocycles. The van der Waals surface area contributed by atoms with E-state index >= 15 is 0 Å². The van der Waals surface area contributed by atoms with Crippen molar-refractivity contribution >= 4 is 17.1 Å². The van der Waals surface area contributed by atoms with Crippen LogP contribution >= 0.6 is 0 Å². The van der Waals surface area contributed by atoms with Crippen molar-refractivity contribution in [3.8, 4) is 0 Å². The van der Waals surface area contributed by atoms with Gasteiger partial charge >= 0.3 is 0 Å². The van der Waals surface area contributed by atoms with E-state index in [0.717, 1.165) is 5.56 Å². The molecule has 9 nitrogen and oxygen atoms in total. The van der Waals surface area contributed by atoms with Gasteiger partial charge in [0, 0.05) is 6.42 Å². The summed E-state index contributed by atoms with van der Waals surface area (Å²) in [6, 6.07) is 9.47. The van der Waals surface area contributed by atoms with Gasteiger partial charge in [-0.1, -0.05) is 30.3 Å². The van der Waals surface area contributed by atoms with Gasteiger partial charge in [0.2, 0.25) is 5.95 Å². The van der Waals surface area contributed by atoms with E-state index in [1.54, 1.807) is 4.57 Å². The summed E-state index contributed by atoms with van der Waals surface area (Å²) in [5.74, 6) is 0.0744. The van der Waals surface area contributed by atoms with E-state index in [2.05, 4.69) is 9.97 Å². The topological polar surface area (TPSA) is 128 Å². The minimum Gasteiger partial charge on any atom is -0.394 e. The fourth-order valence-corrected chi connectivity index (χ4v) is 3.20. The van der Waals surface area contributed by atoms with Gasteiger partial charge < -0.3 is 20.7 Å². The number of anilines is 1. The lowest BCUT2D eigenvalue weighted by Gasteiger charge is -2.14. The van der Waals surface area contributed by atoms with Crippen LogP contribution in [0.4, 0.5) is 5.95 Å². The number of nitrogen functional groups attached to an aromatic ring is 1. The molecular weight excluding hydrogens is 338 g/mol. The molecule has 0 unspecified atom stereocenters. The van der Waals surface area contributed by atoms with Gasteiger partial charge in [0.1, 0.15) is 12.3 Å². The van der Waals surface area contributed by atoms with Crippen LogP contribution in [0.1, 0.15) is 18.2 Å². The predicted octanol–water partition coefficient (Wildman–Crippen LogP) is -0.136. The first-order valence-corrected chi connectivity index (χ1v) is 8.29. The van der Waals surface area contributed by atoms with Crippen molar-refractivity contribution in [1.29, 1.82) is 0 Å². The zero-order valence-corrected chi connectivity index (χ0v) is 13.9. The Morgan fingerprint density at radius 2 is 2.08 bits per heavy atom. The highest BCUT2D eigenvalue weighted by atomic mass is 16.5. The fourth-order valence-electron chi connectivity index (χ4n) is 3.20. The number of aromatic nitrogens is 4. The quantitative estimate of drug-likeness (QED) is 0.593. The average Bonchev–Trinajstić information content (AvgIpc) is 3.22. The van der Waals surface area contributed by atoms with Crippen LogP contribution in [-0.2, 0) is 11.3 Å². The molecule has 26 heavy (non-hydrogen) atoms. The molecule has 0 amide bonds. The number of hydrogen-bond acceptors (Lipinski definition) is 7. The SMILES string of the molecule is Nc1nc2c(ncn2[C@H]2C[C@@H](O)[C@@H](CO)O2)c(=O)n1Cc1ccccc1. The summed E-state index contributed by atoms with van der Waals surface area (Å²) in [6.07, 6.45) is -0.316. The molecule has 9 heteroatoms. The number of nitrogens with two attached hydrogens (primary N) is 1. The van der Waals surface area contributed by atoms with Crippen molar-refractivity contribution in [2.45, 2.75) is 31.4 Å². The van der Waals surface area contributed by atoms with Crippen LogP contribution in [0.2, 0.25) is 0 Å². The molecule has 136 valence electrons.